The molecule has 0 aromatic heterocycles. The van der Waals surface area contributed by atoms with Crippen LogP contribution < -0.4 is 5.73 Å². The molecule has 0 unspecified atom stereocenters. The fourth-order valence-electron chi connectivity index (χ4n) is 0.434. The molecule has 0 saturated carbocycles. The summed E-state index contributed by atoms with van der Waals surface area (Å²) in [7, 11) is 0. The number of nitrogens with one attached hydrogen (secondary N) is 1. The lowest BCUT2D eigenvalue weighted by Crippen LogP contribution is -2.02. The Morgan fingerprint density at radius 1 is 1.57 bits per heavy atom. The molecule has 2 heteroatoms. The molecule has 1 aliphatic carbocycles. The van der Waals surface area contributed by atoms with Crippen molar-refractivity contribution in [1.29, 1.82) is 5.41 Å². The van der Waals surface area contributed by atoms with Crippen LogP contribution in [0.2, 0.25) is 0 Å². The first-order chi connectivity index (χ1) is 3.30. The van der Waals surface area contributed by atoms with Crippen LogP contribution >= 0.6 is 0 Å². The normalized spacial score (nSPS) is 17.7. The van der Waals surface area contributed by atoms with Crippen molar-refractivity contribution in [2.75, 3.05) is 0 Å². The number of hydrogen-bond acceptors (Lipinski definition) is 2. The second kappa shape index (κ2) is 1.22. The van der Waals surface area contributed by atoms with Gasteiger partial charge in [0.05, 0.1) is 11.4 Å². The van der Waals surface area contributed by atoms with E-state index in [1.165, 1.54) is 0 Å². The van der Waals surface area contributed by atoms with Crippen LogP contribution in [0.25, 0.3) is 0 Å². The van der Waals surface area contributed by atoms with Gasteiger partial charge in [-0.2, -0.15) is 0 Å². The number of hydrogen-bond donors (Lipinski definition) is 2. The van der Waals surface area contributed by atoms with Gasteiger partial charge in [0.25, 0.3) is 0 Å². The summed E-state index contributed by atoms with van der Waals surface area (Å²) in [4.78, 5) is 0. The Bertz CT molecular complexity index is 153. The molecule has 0 spiro atoms. The lowest BCUT2D eigenvalue weighted by Gasteiger charge is -1.85. The van der Waals surface area contributed by atoms with E-state index in [2.05, 4.69) is 0 Å². The highest BCUT2D eigenvalue weighted by Crippen LogP contribution is 1.97. The summed E-state index contributed by atoms with van der Waals surface area (Å²) < 4.78 is 0. The van der Waals surface area contributed by atoms with Gasteiger partial charge in [0.1, 0.15) is 0 Å². The molecule has 0 radical (unpaired) electrons. The average Bonchev–Trinajstić information content (AvgIpc) is 1.91. The van der Waals surface area contributed by atoms with Crippen molar-refractivity contribution < 1.29 is 0 Å². The highest BCUT2D eigenvalue weighted by atomic mass is 14.6. The van der Waals surface area contributed by atoms with Gasteiger partial charge in [0.15, 0.2) is 0 Å². The van der Waals surface area contributed by atoms with Crippen LogP contribution in [0.5, 0.6) is 0 Å². The van der Waals surface area contributed by atoms with Crippen molar-refractivity contribution in [1.82, 2.24) is 0 Å². The third kappa shape index (κ3) is 0.538. The largest absolute Gasteiger partial charge is 0.397 e. The molecule has 0 atom stereocenters. The van der Waals surface area contributed by atoms with E-state index < -0.39 is 0 Å². The third-order valence-corrected chi connectivity index (χ3v) is 0.850. The van der Waals surface area contributed by atoms with Crippen molar-refractivity contribution in [2.24, 2.45) is 5.73 Å². The van der Waals surface area contributed by atoms with Gasteiger partial charge in [-0.3, -0.25) is 5.41 Å². The van der Waals surface area contributed by atoms with Crippen molar-refractivity contribution in [2.45, 2.75) is 0 Å². The minimum absolute atomic E-state index is 0.417. The zero-order valence-electron chi connectivity index (χ0n) is 3.81. The Kier molecular flexibility index (Phi) is 0.719. The quantitative estimate of drug-likeness (QED) is 0.449. The number of nitrogens with two attached hydrogens (primary N) is 1. The van der Waals surface area contributed by atoms with Crippen molar-refractivity contribution >= 4 is 5.71 Å². The average molecular weight is 94.1 g/mol. The van der Waals surface area contributed by atoms with Gasteiger partial charge in [-0.1, -0.05) is 6.08 Å². The van der Waals surface area contributed by atoms with E-state index in [4.69, 9.17) is 11.1 Å². The standard InChI is InChI=1S/C5H6N2/c6-4-2-1-3-5(4)7/h1-3H,(H3,6,7). The summed E-state index contributed by atoms with van der Waals surface area (Å²) in [6.07, 6.45) is 5.13. The SMILES string of the molecule is N=C1C=CC=C1N. The molecule has 36 valence electrons. The van der Waals surface area contributed by atoms with Gasteiger partial charge < -0.3 is 5.73 Å². The van der Waals surface area contributed by atoms with Crippen LogP contribution in [0.3, 0.4) is 0 Å². The second-order valence-electron chi connectivity index (χ2n) is 1.39. The summed E-state index contributed by atoms with van der Waals surface area (Å²) in [6.45, 7) is 0. The highest BCUT2D eigenvalue weighted by Gasteiger charge is 1.97. The van der Waals surface area contributed by atoms with Crippen LogP contribution in [0.1, 0.15) is 0 Å². The summed E-state index contributed by atoms with van der Waals surface area (Å²) in [5.74, 6) is 0. The molecule has 1 aliphatic rings. The summed E-state index contributed by atoms with van der Waals surface area (Å²) in [6, 6.07) is 0. The van der Waals surface area contributed by atoms with Crippen LogP contribution in [0, 0.1) is 5.41 Å². The molecule has 0 saturated heterocycles. The molecule has 0 aromatic carbocycles. The van der Waals surface area contributed by atoms with Crippen molar-refractivity contribution in [3.05, 3.63) is 23.9 Å². The fraction of sp³-hybridized carbons (Fsp3) is 0. The van der Waals surface area contributed by atoms with Crippen LogP contribution in [0.4, 0.5) is 0 Å². The summed E-state index contributed by atoms with van der Waals surface area (Å²) in [5.41, 5.74) is 6.22. The molecule has 0 aliphatic heterocycles. The van der Waals surface area contributed by atoms with Gasteiger partial charge >= 0.3 is 0 Å². The van der Waals surface area contributed by atoms with Crippen molar-refractivity contribution in [3.8, 4) is 0 Å². The van der Waals surface area contributed by atoms with Crippen LogP contribution in [-0.4, -0.2) is 5.71 Å². The molecular weight excluding hydrogens is 88.1 g/mol. The van der Waals surface area contributed by atoms with E-state index in [1.807, 2.05) is 0 Å². The van der Waals surface area contributed by atoms with Crippen molar-refractivity contribution in [3.63, 3.8) is 0 Å². The molecule has 1 rings (SSSR count). The third-order valence-electron chi connectivity index (χ3n) is 0.850. The Labute approximate surface area is 41.8 Å². The zero-order valence-corrected chi connectivity index (χ0v) is 3.81. The molecule has 0 heterocycles. The Morgan fingerprint density at radius 2 is 2.29 bits per heavy atom. The van der Waals surface area contributed by atoms with E-state index in [-0.39, 0.29) is 0 Å². The zero-order chi connectivity index (χ0) is 5.28. The molecule has 0 amide bonds. The summed E-state index contributed by atoms with van der Waals surface area (Å²) >= 11 is 0. The maximum Gasteiger partial charge on any atom is 0.0769 e. The predicted molar refractivity (Wildman–Crippen MR) is 29.1 cm³/mol. The maximum absolute atomic E-state index is 6.97. The lowest BCUT2D eigenvalue weighted by molar-refractivity contribution is 1.43. The van der Waals surface area contributed by atoms with Crippen LogP contribution in [0.15, 0.2) is 23.9 Å². The van der Waals surface area contributed by atoms with Gasteiger partial charge in [0.2, 0.25) is 0 Å². The Hall–Kier alpha value is -1.05. The Morgan fingerprint density at radius 3 is 2.43 bits per heavy atom. The fourth-order valence-corrected chi connectivity index (χ4v) is 0.434. The van der Waals surface area contributed by atoms with E-state index in [9.17, 15) is 0 Å². The number of allylic oxidation sites excluding steroid dienone is 3. The van der Waals surface area contributed by atoms with E-state index in [0.717, 1.165) is 0 Å². The molecule has 0 aromatic rings. The minimum Gasteiger partial charge on any atom is -0.397 e. The van der Waals surface area contributed by atoms with Gasteiger partial charge in [-0.25, -0.2) is 0 Å². The predicted octanol–water partition coefficient (Wildman–Crippen LogP) is 0.419. The van der Waals surface area contributed by atoms with E-state index >= 15 is 0 Å². The highest BCUT2D eigenvalue weighted by molar-refractivity contribution is 6.08. The van der Waals surface area contributed by atoms with E-state index in [0.29, 0.717) is 11.4 Å². The van der Waals surface area contributed by atoms with Gasteiger partial charge in [0, 0.05) is 0 Å². The first kappa shape index (κ1) is 4.12. The molecular formula is C5H6N2. The number of rotatable bonds is 0. The molecule has 7 heavy (non-hydrogen) atoms. The topological polar surface area (TPSA) is 49.9 Å². The smallest absolute Gasteiger partial charge is 0.0769 e. The van der Waals surface area contributed by atoms with Gasteiger partial charge in [-0.05, 0) is 12.2 Å². The monoisotopic (exact) mass is 94.1 g/mol. The van der Waals surface area contributed by atoms with E-state index in [1.54, 1.807) is 18.2 Å². The molecule has 0 fully saturated rings. The van der Waals surface area contributed by atoms with Gasteiger partial charge in [-0.15, -0.1) is 0 Å². The lowest BCUT2D eigenvalue weighted by atomic mass is 10.4. The first-order valence-electron chi connectivity index (χ1n) is 2.03. The molecule has 2 nitrogen and oxygen atoms in total. The second-order valence-corrected chi connectivity index (χ2v) is 1.39. The maximum atomic E-state index is 6.97. The van der Waals surface area contributed by atoms with Crippen LogP contribution in [-0.2, 0) is 0 Å². The first-order valence-corrected chi connectivity index (χ1v) is 2.03. The molecule has 0 bridgehead atoms. The molecule has 3 N–H and O–H groups in total. The Balaban J connectivity index is 2.89. The minimum atomic E-state index is 0.417. The summed E-state index contributed by atoms with van der Waals surface area (Å²) in [5, 5.41) is 6.97.